The van der Waals surface area contributed by atoms with Crippen LogP contribution >= 0.6 is 11.3 Å². The maximum atomic E-state index is 13.2. The minimum absolute atomic E-state index is 0.0220. The molecule has 136 valence electrons. The molecule has 26 heavy (non-hydrogen) atoms. The van der Waals surface area contributed by atoms with Gasteiger partial charge in [0.2, 0.25) is 0 Å². The van der Waals surface area contributed by atoms with E-state index >= 15 is 0 Å². The Morgan fingerprint density at radius 2 is 2.15 bits per heavy atom. The molecule has 0 amide bonds. The first-order chi connectivity index (χ1) is 12.5. The van der Waals surface area contributed by atoms with Gasteiger partial charge in [0.1, 0.15) is 12.4 Å². The molecule has 0 aliphatic heterocycles. The van der Waals surface area contributed by atoms with Gasteiger partial charge in [-0.2, -0.15) is 0 Å². The van der Waals surface area contributed by atoms with Crippen LogP contribution in [0.15, 0.2) is 29.1 Å². The van der Waals surface area contributed by atoms with Crippen LogP contribution in [-0.4, -0.2) is 21.1 Å². The minimum atomic E-state index is -0.993. The molecule has 0 radical (unpaired) electrons. The van der Waals surface area contributed by atoms with Crippen LogP contribution in [-0.2, 0) is 6.61 Å². The average molecular weight is 378 g/mol. The molecular formula is C18H16F2N2O3S. The fourth-order valence-electron chi connectivity index (χ4n) is 3.15. The number of fused-ring (bicyclic) bond motifs is 1. The van der Waals surface area contributed by atoms with E-state index in [0.29, 0.717) is 10.7 Å². The molecule has 1 fully saturated rings. The van der Waals surface area contributed by atoms with Gasteiger partial charge in [-0.15, -0.1) is 11.3 Å². The summed E-state index contributed by atoms with van der Waals surface area (Å²) in [4.78, 5) is 18.6. The lowest BCUT2D eigenvalue weighted by atomic mass is 10.2. The van der Waals surface area contributed by atoms with Gasteiger partial charge in [-0.25, -0.2) is 13.8 Å². The second-order valence-corrected chi connectivity index (χ2v) is 7.58. The Morgan fingerprint density at radius 1 is 1.35 bits per heavy atom. The van der Waals surface area contributed by atoms with Crippen molar-refractivity contribution >= 4 is 16.3 Å². The van der Waals surface area contributed by atoms with Crippen molar-refractivity contribution in [2.24, 2.45) is 5.92 Å². The van der Waals surface area contributed by atoms with Gasteiger partial charge in [0.15, 0.2) is 16.6 Å². The standard InChI is InChI=1S/C18H16F2N2O3S/c1-9-17(13-4-10(13)7-23)22-16(24)5-11(21-18(22)26-9)8-25-12-2-3-14(19)15(20)6-12/h2-3,5-6,10,13,23H,4,7-8H2,1H3. The highest BCUT2D eigenvalue weighted by atomic mass is 32.1. The van der Waals surface area contributed by atoms with Gasteiger partial charge in [0.05, 0.1) is 5.69 Å². The van der Waals surface area contributed by atoms with Crippen LogP contribution in [0.4, 0.5) is 8.78 Å². The molecule has 2 aromatic heterocycles. The highest BCUT2D eigenvalue weighted by Gasteiger charge is 2.41. The number of halogens is 2. The summed E-state index contributed by atoms with van der Waals surface area (Å²) in [5.74, 6) is -1.38. The fourth-order valence-corrected chi connectivity index (χ4v) is 4.22. The molecule has 1 saturated carbocycles. The summed E-state index contributed by atoms with van der Waals surface area (Å²) in [5, 5.41) is 9.30. The van der Waals surface area contributed by atoms with Crippen molar-refractivity contribution in [3.05, 3.63) is 62.5 Å². The Hall–Kier alpha value is -2.32. The van der Waals surface area contributed by atoms with E-state index < -0.39 is 11.6 Å². The number of aliphatic hydroxyl groups is 1. The third-order valence-electron chi connectivity index (χ3n) is 4.57. The first-order valence-electron chi connectivity index (χ1n) is 8.18. The van der Waals surface area contributed by atoms with E-state index in [4.69, 9.17) is 4.74 Å². The number of ether oxygens (including phenoxy) is 1. The predicted octanol–water partition coefficient (Wildman–Crippen LogP) is 3.02. The van der Waals surface area contributed by atoms with E-state index in [1.807, 2.05) is 6.92 Å². The van der Waals surface area contributed by atoms with Gasteiger partial charge in [-0.05, 0) is 31.4 Å². The summed E-state index contributed by atoms with van der Waals surface area (Å²) in [6, 6.07) is 4.65. The topological polar surface area (TPSA) is 63.8 Å². The summed E-state index contributed by atoms with van der Waals surface area (Å²) in [6.07, 6.45) is 0.872. The van der Waals surface area contributed by atoms with Gasteiger partial charge in [0, 0.05) is 35.2 Å². The highest BCUT2D eigenvalue weighted by Crippen LogP contribution is 2.49. The van der Waals surface area contributed by atoms with Gasteiger partial charge >= 0.3 is 0 Å². The molecule has 1 aliphatic carbocycles. The normalized spacial score (nSPS) is 19.1. The molecule has 0 spiro atoms. The number of benzene rings is 1. The van der Waals surface area contributed by atoms with Crippen molar-refractivity contribution in [3.63, 3.8) is 0 Å². The van der Waals surface area contributed by atoms with E-state index in [9.17, 15) is 18.7 Å². The lowest BCUT2D eigenvalue weighted by Gasteiger charge is -2.07. The molecule has 1 aliphatic rings. The lowest BCUT2D eigenvalue weighted by Crippen LogP contribution is -2.17. The third kappa shape index (κ3) is 2.99. The second-order valence-electron chi connectivity index (χ2n) is 6.40. The van der Waals surface area contributed by atoms with Crippen molar-refractivity contribution in [1.82, 2.24) is 9.38 Å². The van der Waals surface area contributed by atoms with Crippen molar-refractivity contribution in [2.75, 3.05) is 6.61 Å². The Kier molecular flexibility index (Phi) is 4.24. The molecule has 0 saturated heterocycles. The van der Waals surface area contributed by atoms with Crippen molar-refractivity contribution < 1.29 is 18.6 Å². The summed E-state index contributed by atoms with van der Waals surface area (Å²) < 4.78 is 33.2. The molecule has 1 N–H and O–H groups in total. The number of nitrogens with zero attached hydrogens (tertiary/aromatic N) is 2. The Balaban J connectivity index is 1.61. The van der Waals surface area contributed by atoms with Crippen LogP contribution in [0, 0.1) is 24.5 Å². The number of aromatic nitrogens is 2. The minimum Gasteiger partial charge on any atom is -0.487 e. The zero-order valence-electron chi connectivity index (χ0n) is 13.9. The first kappa shape index (κ1) is 17.1. The maximum absolute atomic E-state index is 13.2. The van der Waals surface area contributed by atoms with E-state index in [1.54, 1.807) is 4.40 Å². The smallest absolute Gasteiger partial charge is 0.259 e. The maximum Gasteiger partial charge on any atom is 0.259 e. The SMILES string of the molecule is Cc1sc2nc(COc3ccc(F)c(F)c3)cc(=O)n2c1C1CC1CO. The molecule has 1 aromatic carbocycles. The van der Waals surface area contributed by atoms with Crippen LogP contribution in [0.25, 0.3) is 4.96 Å². The van der Waals surface area contributed by atoms with E-state index in [2.05, 4.69) is 4.98 Å². The van der Waals surface area contributed by atoms with Crippen LogP contribution in [0.3, 0.4) is 0 Å². The second kappa shape index (κ2) is 6.44. The highest BCUT2D eigenvalue weighted by molar-refractivity contribution is 7.17. The molecule has 0 bridgehead atoms. The monoisotopic (exact) mass is 378 g/mol. The summed E-state index contributed by atoms with van der Waals surface area (Å²) >= 11 is 1.42. The first-order valence-corrected chi connectivity index (χ1v) is 9.00. The third-order valence-corrected chi connectivity index (χ3v) is 5.54. The quantitative estimate of drug-likeness (QED) is 0.741. The van der Waals surface area contributed by atoms with Crippen LogP contribution in [0.5, 0.6) is 5.75 Å². The van der Waals surface area contributed by atoms with Crippen molar-refractivity contribution in [3.8, 4) is 5.75 Å². The molecule has 2 atom stereocenters. The number of aryl methyl sites for hydroxylation is 1. The lowest BCUT2D eigenvalue weighted by molar-refractivity contribution is 0.273. The van der Waals surface area contributed by atoms with E-state index in [0.717, 1.165) is 29.1 Å². The number of rotatable bonds is 5. The zero-order chi connectivity index (χ0) is 18.4. The molecule has 2 heterocycles. The van der Waals surface area contributed by atoms with Crippen molar-refractivity contribution in [1.29, 1.82) is 0 Å². The van der Waals surface area contributed by atoms with Crippen LogP contribution in [0.1, 0.15) is 28.6 Å². The zero-order valence-corrected chi connectivity index (χ0v) is 14.7. The summed E-state index contributed by atoms with van der Waals surface area (Å²) in [6.45, 7) is 2.04. The summed E-state index contributed by atoms with van der Waals surface area (Å²) in [5.41, 5.74) is 1.14. The van der Waals surface area contributed by atoms with E-state index in [1.165, 1.54) is 23.5 Å². The number of hydrogen-bond acceptors (Lipinski definition) is 5. The van der Waals surface area contributed by atoms with E-state index in [-0.39, 0.29) is 36.4 Å². The summed E-state index contributed by atoms with van der Waals surface area (Å²) in [7, 11) is 0. The fraction of sp³-hybridized carbons (Fsp3) is 0.333. The van der Waals surface area contributed by atoms with Gasteiger partial charge in [-0.1, -0.05) is 0 Å². The Bertz CT molecular complexity index is 1050. The molecule has 5 nitrogen and oxygen atoms in total. The van der Waals surface area contributed by atoms with Gasteiger partial charge in [-0.3, -0.25) is 9.20 Å². The number of aliphatic hydroxyl groups excluding tert-OH is 1. The van der Waals surface area contributed by atoms with Crippen LogP contribution in [0.2, 0.25) is 0 Å². The molecule has 2 unspecified atom stereocenters. The predicted molar refractivity (Wildman–Crippen MR) is 92.7 cm³/mol. The number of thiazole rings is 1. The molecule has 8 heteroatoms. The Labute approximate surface area is 151 Å². The van der Waals surface area contributed by atoms with Crippen molar-refractivity contribution in [2.45, 2.75) is 25.9 Å². The van der Waals surface area contributed by atoms with Crippen LogP contribution < -0.4 is 10.3 Å². The molecular weight excluding hydrogens is 362 g/mol. The van der Waals surface area contributed by atoms with Gasteiger partial charge < -0.3 is 9.84 Å². The number of hydrogen-bond donors (Lipinski definition) is 1. The molecule has 4 rings (SSSR count). The molecule has 3 aromatic rings. The average Bonchev–Trinajstić information content (AvgIpc) is 3.30. The Morgan fingerprint density at radius 3 is 2.85 bits per heavy atom. The largest absolute Gasteiger partial charge is 0.487 e. The van der Waals surface area contributed by atoms with Gasteiger partial charge in [0.25, 0.3) is 5.56 Å².